The molecule has 0 spiro atoms. The molecule has 4 nitrogen and oxygen atoms in total. The normalized spacial score (nSPS) is 10.0. The summed E-state index contributed by atoms with van der Waals surface area (Å²) in [7, 11) is 1.57. The van der Waals surface area contributed by atoms with Gasteiger partial charge in [-0.1, -0.05) is 0 Å². The molecule has 0 saturated carbocycles. The van der Waals surface area contributed by atoms with Gasteiger partial charge in [0.15, 0.2) is 0 Å². The van der Waals surface area contributed by atoms with E-state index in [0.29, 0.717) is 9.26 Å². The molecule has 1 aromatic carbocycles. The van der Waals surface area contributed by atoms with E-state index in [0.717, 1.165) is 0 Å². The van der Waals surface area contributed by atoms with Crippen molar-refractivity contribution in [2.75, 3.05) is 25.5 Å². The number of halogens is 2. The predicted molar refractivity (Wildman–Crippen MR) is 67.9 cm³/mol. The monoisotopic (exact) mass is 338 g/mol. The number of benzene rings is 1. The average molecular weight is 338 g/mol. The lowest BCUT2D eigenvalue weighted by molar-refractivity contribution is 0.202. The summed E-state index contributed by atoms with van der Waals surface area (Å²) in [4.78, 5) is 12.9. The van der Waals surface area contributed by atoms with Gasteiger partial charge in [0.1, 0.15) is 5.82 Å². The molecule has 0 heterocycles. The molecular weight excluding hydrogens is 326 g/mol. The molecule has 0 aliphatic carbocycles. The van der Waals surface area contributed by atoms with Crippen LogP contribution >= 0.6 is 22.6 Å². The zero-order valence-electron chi connectivity index (χ0n) is 8.70. The maximum atomic E-state index is 12.8. The molecule has 0 aliphatic heterocycles. The van der Waals surface area contributed by atoms with Crippen molar-refractivity contribution >= 4 is 34.3 Å². The van der Waals surface area contributed by atoms with Crippen molar-refractivity contribution in [3.05, 3.63) is 27.6 Å². The van der Waals surface area contributed by atoms with Gasteiger partial charge in [-0.3, -0.25) is 0 Å². The van der Waals surface area contributed by atoms with Crippen molar-refractivity contribution < 1.29 is 14.3 Å². The van der Waals surface area contributed by atoms with Crippen LogP contribution in [0.4, 0.5) is 14.9 Å². The Kier molecular flexibility index (Phi) is 4.94. The number of carbonyl (C=O) groups is 1. The van der Waals surface area contributed by atoms with Crippen LogP contribution in [0.5, 0.6) is 0 Å². The van der Waals surface area contributed by atoms with Crippen LogP contribution in [0.1, 0.15) is 0 Å². The molecule has 1 aromatic rings. The maximum Gasteiger partial charge on any atom is 0.321 e. The number of nitrogens with zero attached hydrogens (tertiary/aromatic N) is 1. The van der Waals surface area contributed by atoms with Crippen LogP contribution in [0.3, 0.4) is 0 Å². The van der Waals surface area contributed by atoms with Gasteiger partial charge in [-0.15, -0.1) is 0 Å². The van der Waals surface area contributed by atoms with Crippen molar-refractivity contribution in [3.8, 4) is 0 Å². The Hall–Kier alpha value is -0.890. The quantitative estimate of drug-likeness (QED) is 0.827. The number of hydrogen-bond donors (Lipinski definition) is 2. The van der Waals surface area contributed by atoms with Crippen molar-refractivity contribution in [3.63, 3.8) is 0 Å². The number of anilines is 1. The highest BCUT2D eigenvalue weighted by Crippen LogP contribution is 2.19. The van der Waals surface area contributed by atoms with Crippen LogP contribution in [0, 0.1) is 9.39 Å². The fraction of sp³-hybridized carbons (Fsp3) is 0.300. The number of likely N-dealkylation sites (N-methyl/N-ethyl adjacent to an activating group) is 1. The first-order chi connectivity index (χ1) is 7.54. The van der Waals surface area contributed by atoms with Gasteiger partial charge in [-0.2, -0.15) is 0 Å². The summed E-state index contributed by atoms with van der Waals surface area (Å²) < 4.78 is 13.4. The Balaban J connectivity index is 2.69. The maximum absolute atomic E-state index is 12.8. The third kappa shape index (κ3) is 3.60. The predicted octanol–water partition coefficient (Wildman–Crippen LogP) is 1.89. The molecule has 0 radical (unpaired) electrons. The van der Waals surface area contributed by atoms with Crippen LogP contribution < -0.4 is 5.32 Å². The topological polar surface area (TPSA) is 52.6 Å². The Morgan fingerprint density at radius 3 is 2.88 bits per heavy atom. The zero-order chi connectivity index (χ0) is 12.1. The average Bonchev–Trinajstić information content (AvgIpc) is 2.22. The molecule has 0 atom stereocenters. The Labute approximate surface area is 107 Å². The van der Waals surface area contributed by atoms with Crippen LogP contribution in [-0.4, -0.2) is 36.2 Å². The number of aliphatic hydroxyl groups excluding tert-OH is 1. The van der Waals surface area contributed by atoms with Gasteiger partial charge in [0, 0.05) is 17.2 Å². The molecule has 0 fully saturated rings. The fourth-order valence-corrected chi connectivity index (χ4v) is 1.67. The zero-order valence-corrected chi connectivity index (χ0v) is 10.9. The molecule has 88 valence electrons. The highest BCUT2D eigenvalue weighted by atomic mass is 127. The molecule has 0 aromatic heterocycles. The molecule has 0 unspecified atom stereocenters. The van der Waals surface area contributed by atoms with E-state index in [1.54, 1.807) is 7.05 Å². The molecule has 16 heavy (non-hydrogen) atoms. The van der Waals surface area contributed by atoms with Gasteiger partial charge in [0.05, 0.1) is 12.3 Å². The summed E-state index contributed by atoms with van der Waals surface area (Å²) in [5.41, 5.74) is 0.553. The van der Waals surface area contributed by atoms with Gasteiger partial charge in [-0.25, -0.2) is 9.18 Å². The summed E-state index contributed by atoms with van der Waals surface area (Å²) in [5.74, 6) is -0.342. The minimum atomic E-state index is -0.342. The van der Waals surface area contributed by atoms with E-state index in [1.165, 1.54) is 23.1 Å². The van der Waals surface area contributed by atoms with Gasteiger partial charge < -0.3 is 15.3 Å². The fourth-order valence-electron chi connectivity index (χ4n) is 1.05. The first-order valence-corrected chi connectivity index (χ1v) is 5.70. The van der Waals surface area contributed by atoms with Crippen LogP contribution in [0.25, 0.3) is 0 Å². The highest BCUT2D eigenvalue weighted by molar-refractivity contribution is 14.1. The lowest BCUT2D eigenvalue weighted by atomic mass is 10.3. The van der Waals surface area contributed by atoms with Gasteiger partial charge in [0.2, 0.25) is 0 Å². The first-order valence-electron chi connectivity index (χ1n) is 4.62. The van der Waals surface area contributed by atoms with E-state index in [1.807, 2.05) is 22.6 Å². The summed E-state index contributed by atoms with van der Waals surface area (Å²) >= 11 is 1.94. The molecule has 2 N–H and O–H groups in total. The number of aliphatic hydroxyl groups is 1. The number of rotatable bonds is 3. The Morgan fingerprint density at radius 1 is 1.62 bits per heavy atom. The minimum Gasteiger partial charge on any atom is -0.395 e. The Bertz CT molecular complexity index is 387. The van der Waals surface area contributed by atoms with E-state index in [-0.39, 0.29) is 25.0 Å². The van der Waals surface area contributed by atoms with Crippen molar-refractivity contribution in [2.45, 2.75) is 0 Å². The molecular formula is C10H12FIN2O2. The smallest absolute Gasteiger partial charge is 0.321 e. The van der Waals surface area contributed by atoms with E-state index in [2.05, 4.69) is 5.32 Å². The van der Waals surface area contributed by atoms with Crippen molar-refractivity contribution in [1.29, 1.82) is 0 Å². The molecule has 0 aliphatic rings. The Morgan fingerprint density at radius 2 is 2.31 bits per heavy atom. The highest BCUT2D eigenvalue weighted by Gasteiger charge is 2.10. The van der Waals surface area contributed by atoms with E-state index in [9.17, 15) is 9.18 Å². The molecule has 0 saturated heterocycles. The van der Waals surface area contributed by atoms with Crippen LogP contribution in [0.2, 0.25) is 0 Å². The SMILES string of the molecule is CN(CCO)C(=O)Nc1ccc(F)cc1I. The second-order valence-corrected chi connectivity index (χ2v) is 4.36. The van der Waals surface area contributed by atoms with Crippen LogP contribution in [0.15, 0.2) is 18.2 Å². The van der Waals surface area contributed by atoms with Gasteiger partial charge in [-0.05, 0) is 40.8 Å². The molecule has 0 bridgehead atoms. The van der Waals surface area contributed by atoms with Gasteiger partial charge >= 0.3 is 6.03 Å². The lowest BCUT2D eigenvalue weighted by Gasteiger charge is -2.17. The molecule has 6 heteroatoms. The van der Waals surface area contributed by atoms with Crippen LogP contribution in [-0.2, 0) is 0 Å². The second-order valence-electron chi connectivity index (χ2n) is 3.20. The van der Waals surface area contributed by atoms with Crippen molar-refractivity contribution in [2.24, 2.45) is 0 Å². The van der Waals surface area contributed by atoms with E-state index in [4.69, 9.17) is 5.11 Å². The summed E-state index contributed by atoms with van der Waals surface area (Å²) in [6, 6.07) is 3.78. The number of hydrogen-bond acceptors (Lipinski definition) is 2. The first kappa shape index (κ1) is 13.2. The number of nitrogens with one attached hydrogen (secondary N) is 1. The minimum absolute atomic E-state index is 0.0928. The third-order valence-electron chi connectivity index (χ3n) is 1.95. The summed E-state index contributed by atoms with van der Waals surface area (Å²) in [6.07, 6.45) is 0. The van der Waals surface area contributed by atoms with E-state index < -0.39 is 0 Å². The van der Waals surface area contributed by atoms with E-state index >= 15 is 0 Å². The summed E-state index contributed by atoms with van der Waals surface area (Å²) in [5, 5.41) is 11.3. The molecule has 1 rings (SSSR count). The summed E-state index contributed by atoms with van der Waals surface area (Å²) in [6.45, 7) is 0.161. The lowest BCUT2D eigenvalue weighted by Crippen LogP contribution is -2.33. The number of carbonyl (C=O) groups excluding carboxylic acids is 1. The third-order valence-corrected chi connectivity index (χ3v) is 2.85. The molecule has 2 amide bonds. The number of urea groups is 1. The second kappa shape index (κ2) is 6.00. The number of amides is 2. The largest absolute Gasteiger partial charge is 0.395 e. The van der Waals surface area contributed by atoms with Gasteiger partial charge in [0.25, 0.3) is 0 Å². The standard InChI is InChI=1S/C10H12FIN2O2/c1-14(4-5-15)10(16)13-9-3-2-7(11)6-8(9)12/h2-3,6,15H,4-5H2,1H3,(H,13,16). The van der Waals surface area contributed by atoms with Crippen molar-refractivity contribution in [1.82, 2.24) is 4.90 Å².